The summed E-state index contributed by atoms with van der Waals surface area (Å²) in [6.45, 7) is 2.06. The van der Waals surface area contributed by atoms with Crippen LogP contribution in [0.1, 0.15) is 31.2 Å². The first-order valence-corrected chi connectivity index (χ1v) is 14.8. The number of fused-ring (bicyclic) bond motifs is 4. The molecule has 2 aromatic rings. The summed E-state index contributed by atoms with van der Waals surface area (Å²) in [5.74, 6) is -4.78. The average Bonchev–Trinajstić information content (AvgIpc) is 3.26. The molecule has 4 aliphatic rings. The van der Waals surface area contributed by atoms with E-state index >= 15 is 0 Å². The summed E-state index contributed by atoms with van der Waals surface area (Å²) in [6.07, 6.45) is 2.07. The van der Waals surface area contributed by atoms with Crippen LogP contribution < -0.4 is 9.64 Å². The molecule has 2 aliphatic heterocycles. The number of alkyl halides is 2. The van der Waals surface area contributed by atoms with Crippen molar-refractivity contribution in [1.29, 1.82) is 0 Å². The molecule has 0 bridgehead atoms. The van der Waals surface area contributed by atoms with E-state index in [1.165, 1.54) is 18.0 Å². The predicted molar refractivity (Wildman–Crippen MR) is 156 cm³/mol. The van der Waals surface area contributed by atoms with Crippen molar-refractivity contribution in [2.45, 2.75) is 35.4 Å². The first-order chi connectivity index (χ1) is 19.0. The standard InChI is InChI=1S/C29H25Cl2IN2O6/c1-3-40-21-12-14(4-11-20(21)35)23-17-9-10-18-22(25(37)34(24(18)36)16-7-5-15(32)6-8-16)19(17)13-28(30)26(38)33(2)27(39)29(23,28)31/h4-9,11-12,18-19,22-23,35H,3,10,13H2,1-2H3/t18-,19+,22-,23-,28+,29-/m0/s1. The molecule has 0 radical (unpaired) electrons. The Morgan fingerprint density at radius 2 is 1.73 bits per heavy atom. The topological polar surface area (TPSA) is 104 Å². The number of rotatable bonds is 4. The normalized spacial score (nSPS) is 33.1. The van der Waals surface area contributed by atoms with Crippen molar-refractivity contribution in [2.24, 2.45) is 17.8 Å². The van der Waals surface area contributed by atoms with E-state index in [0.717, 1.165) is 8.47 Å². The van der Waals surface area contributed by atoms with Crippen LogP contribution in [0.3, 0.4) is 0 Å². The minimum absolute atomic E-state index is 0.0770. The Morgan fingerprint density at radius 1 is 1.02 bits per heavy atom. The van der Waals surface area contributed by atoms with Gasteiger partial charge < -0.3 is 9.84 Å². The number of carbonyl (C=O) groups excluding carboxylic acids is 4. The number of amides is 4. The van der Waals surface area contributed by atoms with Crippen LogP contribution in [-0.4, -0.2) is 57.0 Å². The van der Waals surface area contributed by atoms with E-state index in [1.54, 1.807) is 31.2 Å². The van der Waals surface area contributed by atoms with Gasteiger partial charge in [0.05, 0.1) is 24.1 Å². The fourth-order valence-electron chi connectivity index (χ4n) is 6.94. The van der Waals surface area contributed by atoms with E-state index in [1.807, 2.05) is 18.2 Å². The molecule has 2 heterocycles. The molecule has 4 amide bonds. The third kappa shape index (κ3) is 3.56. The number of hydrogen-bond acceptors (Lipinski definition) is 6. The molecule has 6 rings (SSSR count). The zero-order valence-corrected chi connectivity index (χ0v) is 25.2. The highest BCUT2D eigenvalue weighted by Crippen LogP contribution is 2.65. The van der Waals surface area contributed by atoms with Crippen molar-refractivity contribution in [1.82, 2.24) is 4.90 Å². The fourth-order valence-corrected chi connectivity index (χ4v) is 8.32. The van der Waals surface area contributed by atoms with E-state index in [4.69, 9.17) is 27.9 Å². The second-order valence-electron chi connectivity index (χ2n) is 10.6. The van der Waals surface area contributed by atoms with Crippen LogP contribution in [0.15, 0.2) is 54.1 Å². The highest BCUT2D eigenvalue weighted by Gasteiger charge is 2.75. The summed E-state index contributed by atoms with van der Waals surface area (Å²) in [6, 6.07) is 11.8. The van der Waals surface area contributed by atoms with Crippen molar-refractivity contribution < 1.29 is 29.0 Å². The van der Waals surface area contributed by atoms with Crippen molar-refractivity contribution >= 4 is 75.1 Å². The Bertz CT molecular complexity index is 1510. The lowest BCUT2D eigenvalue weighted by atomic mass is 9.56. The molecule has 0 aromatic heterocycles. The van der Waals surface area contributed by atoms with Gasteiger partial charge in [0, 0.05) is 16.5 Å². The van der Waals surface area contributed by atoms with Crippen molar-refractivity contribution in [3.8, 4) is 11.5 Å². The Labute approximate surface area is 254 Å². The summed E-state index contributed by atoms with van der Waals surface area (Å²) < 4.78 is 6.57. The van der Waals surface area contributed by atoms with E-state index in [9.17, 15) is 24.3 Å². The van der Waals surface area contributed by atoms with Gasteiger partial charge in [-0.1, -0.05) is 17.7 Å². The molecule has 40 heavy (non-hydrogen) atoms. The molecular formula is C29H25Cl2IN2O6. The van der Waals surface area contributed by atoms with Crippen LogP contribution in [0.2, 0.25) is 0 Å². The van der Waals surface area contributed by atoms with Crippen LogP contribution in [0, 0.1) is 21.3 Å². The first-order valence-electron chi connectivity index (χ1n) is 12.9. The molecule has 1 saturated carbocycles. The van der Waals surface area contributed by atoms with Crippen molar-refractivity contribution in [3.63, 3.8) is 0 Å². The minimum Gasteiger partial charge on any atom is -0.504 e. The third-order valence-electron chi connectivity index (χ3n) is 8.72. The lowest BCUT2D eigenvalue weighted by Gasteiger charge is -2.50. The molecule has 2 saturated heterocycles. The molecule has 208 valence electrons. The number of phenolic OH excluding ortho intramolecular Hbond substituents is 1. The minimum atomic E-state index is -1.89. The smallest absolute Gasteiger partial charge is 0.253 e. The maximum atomic E-state index is 14.0. The number of carbonyl (C=O) groups is 4. The van der Waals surface area contributed by atoms with E-state index in [2.05, 4.69) is 22.6 Å². The van der Waals surface area contributed by atoms with Gasteiger partial charge in [-0.15, -0.1) is 23.2 Å². The first kappa shape index (κ1) is 27.5. The number of hydrogen-bond donors (Lipinski definition) is 1. The molecule has 3 fully saturated rings. The summed E-state index contributed by atoms with van der Waals surface area (Å²) in [5, 5.41) is 10.4. The van der Waals surface area contributed by atoms with Crippen LogP contribution in [-0.2, 0) is 19.2 Å². The summed E-state index contributed by atoms with van der Waals surface area (Å²) in [4.78, 5) is 53.2. The van der Waals surface area contributed by atoms with Gasteiger partial charge in [0.25, 0.3) is 11.8 Å². The number of phenols is 1. The molecule has 2 aromatic carbocycles. The van der Waals surface area contributed by atoms with Crippen LogP contribution in [0.4, 0.5) is 5.69 Å². The Kier molecular flexibility index (Phi) is 6.51. The Morgan fingerprint density at radius 3 is 2.40 bits per heavy atom. The summed E-state index contributed by atoms with van der Waals surface area (Å²) in [7, 11) is 1.35. The lowest BCUT2D eigenvalue weighted by molar-refractivity contribution is -0.138. The van der Waals surface area contributed by atoms with E-state index in [-0.39, 0.29) is 42.8 Å². The Balaban J connectivity index is 1.51. The molecule has 0 unspecified atom stereocenters. The predicted octanol–water partition coefficient (Wildman–Crippen LogP) is 4.59. The zero-order valence-electron chi connectivity index (χ0n) is 21.6. The van der Waals surface area contributed by atoms with Crippen LogP contribution in [0.25, 0.3) is 0 Å². The molecule has 6 atom stereocenters. The number of ether oxygens (including phenoxy) is 1. The molecule has 8 nitrogen and oxygen atoms in total. The molecular weight excluding hydrogens is 670 g/mol. The summed E-state index contributed by atoms with van der Waals surface area (Å²) >= 11 is 16.5. The SMILES string of the molecule is CCOc1cc([C@H]2C3=CC[C@@H]4C(=O)N(c5ccc(I)cc5)C(=O)[C@@H]4[C@@H]3C[C@@]3(Cl)C(=O)N(C)C(=O)[C@@]23Cl)ccc1O. The second-order valence-corrected chi connectivity index (χ2v) is 13.1. The van der Waals surface area contributed by atoms with Gasteiger partial charge >= 0.3 is 0 Å². The monoisotopic (exact) mass is 694 g/mol. The lowest BCUT2D eigenvalue weighted by Crippen LogP contribution is -2.60. The van der Waals surface area contributed by atoms with Crippen LogP contribution >= 0.6 is 45.8 Å². The van der Waals surface area contributed by atoms with Crippen LogP contribution in [0.5, 0.6) is 11.5 Å². The molecule has 1 N–H and O–H groups in total. The number of allylic oxidation sites excluding steroid dienone is 2. The number of anilines is 1. The highest BCUT2D eigenvalue weighted by atomic mass is 127. The number of nitrogens with zero attached hydrogens (tertiary/aromatic N) is 2. The van der Waals surface area contributed by atoms with Gasteiger partial charge in [-0.3, -0.25) is 29.0 Å². The molecule has 2 aliphatic carbocycles. The number of aromatic hydroxyl groups is 1. The average molecular weight is 695 g/mol. The Hall–Kier alpha value is -2.63. The third-order valence-corrected chi connectivity index (χ3v) is 10.8. The number of benzene rings is 2. The molecule has 11 heteroatoms. The number of likely N-dealkylation sites (tertiary alicyclic amines) is 1. The van der Waals surface area contributed by atoms with Gasteiger partial charge in [-0.25, -0.2) is 0 Å². The fraction of sp³-hybridized carbons (Fsp3) is 0.379. The van der Waals surface area contributed by atoms with Gasteiger partial charge in [-0.05, 0) is 90.2 Å². The van der Waals surface area contributed by atoms with Gasteiger partial charge in [-0.2, -0.15) is 0 Å². The van der Waals surface area contributed by atoms with E-state index < -0.39 is 45.2 Å². The van der Waals surface area contributed by atoms with Crippen molar-refractivity contribution in [3.05, 3.63) is 63.2 Å². The quantitative estimate of drug-likeness (QED) is 0.218. The van der Waals surface area contributed by atoms with Gasteiger partial charge in [0.2, 0.25) is 11.8 Å². The zero-order chi connectivity index (χ0) is 28.7. The molecule has 0 spiro atoms. The maximum Gasteiger partial charge on any atom is 0.253 e. The van der Waals surface area contributed by atoms with Gasteiger partial charge in [0.1, 0.15) is 0 Å². The van der Waals surface area contributed by atoms with E-state index in [0.29, 0.717) is 16.8 Å². The van der Waals surface area contributed by atoms with Gasteiger partial charge in [0.15, 0.2) is 21.2 Å². The number of halogens is 3. The maximum absolute atomic E-state index is 14.0. The second kappa shape index (κ2) is 9.46. The number of imide groups is 2. The summed E-state index contributed by atoms with van der Waals surface area (Å²) in [5.41, 5.74) is 1.68. The largest absolute Gasteiger partial charge is 0.504 e. The van der Waals surface area contributed by atoms with Crippen molar-refractivity contribution in [2.75, 3.05) is 18.6 Å². The highest BCUT2D eigenvalue weighted by molar-refractivity contribution is 14.1.